The maximum atomic E-state index is 12.4. The molecule has 0 saturated carbocycles. The van der Waals surface area contributed by atoms with Crippen molar-refractivity contribution in [3.8, 4) is 17.1 Å². The van der Waals surface area contributed by atoms with E-state index in [9.17, 15) is 4.79 Å². The molecule has 2 heterocycles. The number of ether oxygens (including phenoxy) is 1. The van der Waals surface area contributed by atoms with Gasteiger partial charge in [-0.2, -0.15) is 0 Å². The van der Waals surface area contributed by atoms with E-state index in [4.69, 9.17) is 9.15 Å². The lowest BCUT2D eigenvalue weighted by Gasteiger charge is -2.00. The molecule has 4 aromatic rings. The first kappa shape index (κ1) is 12.7. The van der Waals surface area contributed by atoms with E-state index >= 15 is 0 Å². The van der Waals surface area contributed by atoms with Gasteiger partial charge in [0.2, 0.25) is 0 Å². The number of hydrogen-bond acceptors (Lipinski definition) is 3. The summed E-state index contributed by atoms with van der Waals surface area (Å²) in [5.41, 5.74) is 2.17. The van der Waals surface area contributed by atoms with Crippen molar-refractivity contribution in [2.45, 2.75) is 0 Å². The number of rotatable bonds is 2. The quantitative estimate of drug-likeness (QED) is 0.608. The smallest absolute Gasteiger partial charge is 0.346 e. The molecule has 0 fully saturated rings. The van der Waals surface area contributed by atoms with Gasteiger partial charge in [-0.3, -0.25) is 0 Å². The van der Waals surface area contributed by atoms with Gasteiger partial charge in [0.1, 0.15) is 11.5 Å². The third kappa shape index (κ3) is 1.89. The molecule has 0 aliphatic heterocycles. The van der Waals surface area contributed by atoms with Crippen molar-refractivity contribution in [3.05, 3.63) is 65.0 Å². The second kappa shape index (κ2) is 4.77. The van der Waals surface area contributed by atoms with E-state index in [0.29, 0.717) is 16.9 Å². The fourth-order valence-corrected chi connectivity index (χ4v) is 2.70. The summed E-state index contributed by atoms with van der Waals surface area (Å²) in [7, 11) is 1.60. The van der Waals surface area contributed by atoms with E-state index in [1.807, 2.05) is 54.6 Å². The third-order valence-electron chi connectivity index (χ3n) is 3.78. The maximum Gasteiger partial charge on any atom is 0.346 e. The molecule has 108 valence electrons. The Kier molecular flexibility index (Phi) is 2.76. The second-order valence-corrected chi connectivity index (χ2v) is 5.09. The summed E-state index contributed by atoms with van der Waals surface area (Å²) in [6.45, 7) is 0. The van der Waals surface area contributed by atoms with Gasteiger partial charge in [0.25, 0.3) is 0 Å². The zero-order chi connectivity index (χ0) is 15.1. The number of aromatic nitrogens is 1. The zero-order valence-electron chi connectivity index (χ0n) is 11.9. The Bertz CT molecular complexity index is 1030. The summed E-state index contributed by atoms with van der Waals surface area (Å²) in [6.07, 6.45) is 0. The van der Waals surface area contributed by atoms with Gasteiger partial charge in [-0.25, -0.2) is 4.79 Å². The van der Waals surface area contributed by atoms with Crippen LogP contribution in [0.2, 0.25) is 0 Å². The van der Waals surface area contributed by atoms with Crippen molar-refractivity contribution in [2.75, 3.05) is 7.11 Å². The summed E-state index contributed by atoms with van der Waals surface area (Å²) in [5.74, 6) is 1.26. The monoisotopic (exact) mass is 291 g/mol. The molecule has 1 N–H and O–H groups in total. The number of H-pyrrole nitrogens is 1. The predicted molar refractivity (Wildman–Crippen MR) is 86.3 cm³/mol. The first-order valence-electron chi connectivity index (χ1n) is 6.95. The summed E-state index contributed by atoms with van der Waals surface area (Å²) in [6, 6.07) is 17.0. The Labute approximate surface area is 126 Å². The highest BCUT2D eigenvalue weighted by molar-refractivity contribution is 6.07. The van der Waals surface area contributed by atoms with Crippen molar-refractivity contribution in [3.63, 3.8) is 0 Å². The van der Waals surface area contributed by atoms with Crippen molar-refractivity contribution >= 4 is 21.8 Å². The van der Waals surface area contributed by atoms with Crippen LogP contribution in [0.4, 0.5) is 0 Å². The molecule has 0 aliphatic rings. The largest absolute Gasteiger partial charge is 0.497 e. The van der Waals surface area contributed by atoms with Crippen LogP contribution in [0, 0.1) is 0 Å². The third-order valence-corrected chi connectivity index (χ3v) is 3.78. The van der Waals surface area contributed by atoms with Crippen LogP contribution in [0.15, 0.2) is 63.8 Å². The van der Waals surface area contributed by atoms with Crippen LogP contribution in [0.25, 0.3) is 33.1 Å². The molecule has 22 heavy (non-hydrogen) atoms. The second-order valence-electron chi connectivity index (χ2n) is 5.09. The molecule has 0 saturated heterocycles. The first-order chi connectivity index (χ1) is 10.8. The normalized spacial score (nSPS) is 11.1. The molecule has 0 amide bonds. The van der Waals surface area contributed by atoms with Crippen LogP contribution in [-0.2, 0) is 0 Å². The van der Waals surface area contributed by atoms with E-state index in [2.05, 4.69) is 4.98 Å². The van der Waals surface area contributed by atoms with E-state index in [-0.39, 0.29) is 5.63 Å². The standard InChI is InChI=1S/C18H13NO3/c1-21-12-7-8-14-13(9-12)17-15(19-14)10-16(22-18(17)20)11-5-3-2-4-6-11/h2-10,19H,1H3. The topological polar surface area (TPSA) is 55.2 Å². The molecule has 4 nitrogen and oxygen atoms in total. The number of fused-ring (bicyclic) bond motifs is 3. The van der Waals surface area contributed by atoms with Crippen LogP contribution in [0.5, 0.6) is 5.75 Å². The van der Waals surface area contributed by atoms with Gasteiger partial charge in [0.05, 0.1) is 18.0 Å². The Morgan fingerprint density at radius 3 is 2.59 bits per heavy atom. The van der Waals surface area contributed by atoms with Crippen molar-refractivity contribution in [2.24, 2.45) is 0 Å². The van der Waals surface area contributed by atoms with E-state index in [1.54, 1.807) is 7.11 Å². The highest BCUT2D eigenvalue weighted by atomic mass is 16.5. The summed E-state index contributed by atoms with van der Waals surface area (Å²) >= 11 is 0. The zero-order valence-corrected chi connectivity index (χ0v) is 11.9. The SMILES string of the molecule is COc1ccc2[nH]c3cc(-c4ccccc4)oc(=O)c3c2c1. The van der Waals surface area contributed by atoms with Gasteiger partial charge < -0.3 is 14.1 Å². The highest BCUT2D eigenvalue weighted by Gasteiger charge is 2.13. The summed E-state index contributed by atoms with van der Waals surface area (Å²) in [5, 5.41) is 1.36. The number of nitrogens with one attached hydrogen (secondary N) is 1. The average Bonchev–Trinajstić information content (AvgIpc) is 2.93. The average molecular weight is 291 g/mol. The van der Waals surface area contributed by atoms with Crippen LogP contribution >= 0.6 is 0 Å². The molecule has 4 heteroatoms. The Hall–Kier alpha value is -3.01. The van der Waals surface area contributed by atoms with E-state index in [0.717, 1.165) is 22.0 Å². The lowest BCUT2D eigenvalue weighted by atomic mass is 10.1. The van der Waals surface area contributed by atoms with Gasteiger partial charge in [-0.1, -0.05) is 30.3 Å². The van der Waals surface area contributed by atoms with Crippen LogP contribution in [0.3, 0.4) is 0 Å². The lowest BCUT2D eigenvalue weighted by Crippen LogP contribution is -1.99. The van der Waals surface area contributed by atoms with Gasteiger partial charge in [0, 0.05) is 22.5 Å². The number of aromatic amines is 1. The summed E-state index contributed by atoms with van der Waals surface area (Å²) < 4.78 is 10.7. The minimum Gasteiger partial charge on any atom is -0.497 e. The maximum absolute atomic E-state index is 12.4. The molecule has 0 bridgehead atoms. The van der Waals surface area contributed by atoms with Gasteiger partial charge in [0.15, 0.2) is 0 Å². The Balaban J connectivity index is 2.04. The first-order valence-corrected chi connectivity index (χ1v) is 6.95. The molecule has 2 aromatic heterocycles. The van der Waals surface area contributed by atoms with E-state index < -0.39 is 0 Å². The number of methoxy groups -OCH3 is 1. The Morgan fingerprint density at radius 2 is 1.82 bits per heavy atom. The van der Waals surface area contributed by atoms with Crippen LogP contribution in [0.1, 0.15) is 0 Å². The molecular formula is C18H13NO3. The Morgan fingerprint density at radius 1 is 1.00 bits per heavy atom. The number of hydrogen-bond donors (Lipinski definition) is 1. The molecule has 0 radical (unpaired) electrons. The minimum absolute atomic E-state index is 0.351. The molecular weight excluding hydrogens is 278 g/mol. The van der Waals surface area contributed by atoms with E-state index in [1.165, 1.54) is 0 Å². The number of benzene rings is 2. The van der Waals surface area contributed by atoms with Crippen LogP contribution in [-0.4, -0.2) is 12.1 Å². The molecule has 0 aliphatic carbocycles. The van der Waals surface area contributed by atoms with Crippen molar-refractivity contribution in [1.82, 2.24) is 4.98 Å². The molecule has 0 spiro atoms. The fraction of sp³-hybridized carbons (Fsp3) is 0.0556. The predicted octanol–water partition coefficient (Wildman–Crippen LogP) is 3.95. The highest BCUT2D eigenvalue weighted by Crippen LogP contribution is 2.29. The van der Waals surface area contributed by atoms with Crippen molar-refractivity contribution in [1.29, 1.82) is 0 Å². The lowest BCUT2D eigenvalue weighted by molar-refractivity contribution is 0.415. The molecule has 0 atom stereocenters. The van der Waals surface area contributed by atoms with Gasteiger partial charge in [-0.05, 0) is 18.2 Å². The van der Waals surface area contributed by atoms with Crippen LogP contribution < -0.4 is 10.4 Å². The minimum atomic E-state index is -0.351. The fourth-order valence-electron chi connectivity index (χ4n) is 2.70. The molecule has 4 rings (SSSR count). The van der Waals surface area contributed by atoms with Crippen molar-refractivity contribution < 1.29 is 9.15 Å². The summed E-state index contributed by atoms with van der Waals surface area (Å²) in [4.78, 5) is 15.7. The molecule has 2 aromatic carbocycles. The van der Waals surface area contributed by atoms with Gasteiger partial charge >= 0.3 is 5.63 Å². The molecule has 0 unspecified atom stereocenters. The van der Waals surface area contributed by atoms with Gasteiger partial charge in [-0.15, -0.1) is 0 Å².